The Bertz CT molecular complexity index is 1280. The topological polar surface area (TPSA) is 85.4 Å². The lowest BCUT2D eigenvalue weighted by molar-refractivity contribution is -0.126. The number of hydrogen-bond donors (Lipinski definition) is 2. The van der Waals surface area contributed by atoms with E-state index in [2.05, 4.69) is 34.9 Å². The quantitative estimate of drug-likeness (QED) is 0.461. The van der Waals surface area contributed by atoms with E-state index in [9.17, 15) is 4.79 Å². The molecule has 2 N–H and O–H groups in total. The summed E-state index contributed by atoms with van der Waals surface area (Å²) in [5, 5.41) is 7.89. The van der Waals surface area contributed by atoms with Gasteiger partial charge in [0.2, 0.25) is 11.9 Å². The van der Waals surface area contributed by atoms with Crippen LogP contribution in [0.15, 0.2) is 36.4 Å². The van der Waals surface area contributed by atoms with Crippen molar-refractivity contribution >= 4 is 22.8 Å². The number of benzene rings is 2. The van der Waals surface area contributed by atoms with Crippen molar-refractivity contribution in [1.82, 2.24) is 15.3 Å². The van der Waals surface area contributed by atoms with Gasteiger partial charge in [0.05, 0.1) is 11.2 Å². The molecule has 7 heteroatoms. The van der Waals surface area contributed by atoms with Crippen LogP contribution in [-0.2, 0) is 4.79 Å². The van der Waals surface area contributed by atoms with Crippen LogP contribution in [0.1, 0.15) is 63.5 Å². The van der Waals surface area contributed by atoms with Gasteiger partial charge in [-0.3, -0.25) is 4.79 Å². The van der Waals surface area contributed by atoms with Gasteiger partial charge in [-0.1, -0.05) is 37.5 Å². The Labute approximate surface area is 218 Å². The van der Waals surface area contributed by atoms with Crippen molar-refractivity contribution in [1.29, 1.82) is 0 Å². The molecule has 3 aliphatic rings. The van der Waals surface area contributed by atoms with E-state index in [0.29, 0.717) is 31.2 Å². The summed E-state index contributed by atoms with van der Waals surface area (Å²) in [6.07, 6.45) is 9.82. The number of para-hydroxylation sites is 1. The van der Waals surface area contributed by atoms with Gasteiger partial charge >= 0.3 is 0 Å². The first-order chi connectivity index (χ1) is 18.1. The Hall–Kier alpha value is -3.35. The van der Waals surface area contributed by atoms with Crippen LogP contribution in [0.25, 0.3) is 22.0 Å². The third kappa shape index (κ3) is 5.22. The average molecular weight is 501 g/mol. The van der Waals surface area contributed by atoms with Crippen LogP contribution >= 0.6 is 0 Å². The first kappa shape index (κ1) is 24.0. The summed E-state index contributed by atoms with van der Waals surface area (Å²) in [4.78, 5) is 22.4. The minimum atomic E-state index is 0.135. The normalized spacial score (nSPS) is 22.0. The number of anilines is 1. The number of carbonyl (C=O) groups is 1. The van der Waals surface area contributed by atoms with Crippen molar-refractivity contribution in [3.05, 3.63) is 42.1 Å². The second kappa shape index (κ2) is 10.6. The number of carbonyl (C=O) groups excluding carboxylic acids is 1. The molecule has 0 bridgehead atoms. The van der Waals surface area contributed by atoms with E-state index in [0.717, 1.165) is 77.7 Å². The molecule has 37 heavy (non-hydrogen) atoms. The van der Waals surface area contributed by atoms with Gasteiger partial charge in [-0.15, -0.1) is 0 Å². The van der Waals surface area contributed by atoms with Gasteiger partial charge in [0.15, 0.2) is 11.5 Å². The van der Waals surface area contributed by atoms with Gasteiger partial charge in [-0.05, 0) is 69.2 Å². The molecule has 0 unspecified atom stereocenters. The first-order valence-corrected chi connectivity index (χ1v) is 13.9. The van der Waals surface area contributed by atoms with Gasteiger partial charge < -0.3 is 20.1 Å². The Balaban J connectivity index is 1.12. The molecule has 2 heterocycles. The molecule has 0 spiro atoms. The smallest absolute Gasteiger partial charge is 0.223 e. The molecule has 1 aliphatic heterocycles. The highest BCUT2D eigenvalue weighted by atomic mass is 16.6. The number of amides is 1. The van der Waals surface area contributed by atoms with E-state index in [4.69, 9.17) is 19.4 Å². The fourth-order valence-corrected chi connectivity index (χ4v) is 6.06. The van der Waals surface area contributed by atoms with Crippen LogP contribution in [0.5, 0.6) is 11.5 Å². The number of nitrogens with zero attached hydrogens (tertiary/aromatic N) is 2. The first-order valence-electron chi connectivity index (χ1n) is 13.9. The number of rotatable bonds is 5. The van der Waals surface area contributed by atoms with Crippen molar-refractivity contribution < 1.29 is 14.3 Å². The number of aromatic nitrogens is 2. The summed E-state index contributed by atoms with van der Waals surface area (Å²) in [6.45, 7) is 3.17. The lowest BCUT2D eigenvalue weighted by Gasteiger charge is -2.30. The molecule has 2 aromatic carbocycles. The SMILES string of the molecule is Cc1nc(N[C@H]2CC[C@@H](C(=O)NC3CCCCC3)CC2)nc2ccc(-c3cccc4c3OCCO4)cc12. The van der Waals surface area contributed by atoms with Gasteiger partial charge in [0, 0.05) is 29.0 Å². The van der Waals surface area contributed by atoms with Gasteiger partial charge in [0.1, 0.15) is 13.2 Å². The second-order valence-corrected chi connectivity index (χ2v) is 10.7. The zero-order chi connectivity index (χ0) is 25.2. The molecule has 2 saturated carbocycles. The maximum Gasteiger partial charge on any atom is 0.223 e. The number of aryl methyl sites for hydroxylation is 1. The molecule has 3 aromatic rings. The Morgan fingerprint density at radius 1 is 0.892 bits per heavy atom. The summed E-state index contributed by atoms with van der Waals surface area (Å²) in [6, 6.07) is 13.0. The van der Waals surface area contributed by atoms with Crippen LogP contribution in [0.3, 0.4) is 0 Å². The third-order valence-corrected chi connectivity index (χ3v) is 8.15. The van der Waals surface area contributed by atoms with Gasteiger partial charge in [-0.25, -0.2) is 9.97 Å². The monoisotopic (exact) mass is 500 g/mol. The van der Waals surface area contributed by atoms with Crippen LogP contribution in [0.2, 0.25) is 0 Å². The molecule has 1 aromatic heterocycles. The fourth-order valence-electron chi connectivity index (χ4n) is 6.06. The minimum Gasteiger partial charge on any atom is -0.486 e. The van der Waals surface area contributed by atoms with Crippen molar-refractivity contribution in [3.8, 4) is 22.6 Å². The molecule has 2 fully saturated rings. The lowest BCUT2D eigenvalue weighted by Crippen LogP contribution is -2.42. The average Bonchev–Trinajstić information content (AvgIpc) is 2.93. The van der Waals surface area contributed by atoms with Crippen LogP contribution in [0, 0.1) is 12.8 Å². The van der Waals surface area contributed by atoms with E-state index < -0.39 is 0 Å². The number of nitrogens with one attached hydrogen (secondary N) is 2. The molecule has 0 radical (unpaired) electrons. The van der Waals surface area contributed by atoms with E-state index in [1.807, 2.05) is 19.1 Å². The van der Waals surface area contributed by atoms with Crippen molar-refractivity contribution in [2.24, 2.45) is 5.92 Å². The van der Waals surface area contributed by atoms with Crippen LogP contribution in [0.4, 0.5) is 5.95 Å². The molecular formula is C30H36N4O3. The Morgan fingerprint density at radius 3 is 2.54 bits per heavy atom. The molecule has 0 saturated heterocycles. The van der Waals surface area contributed by atoms with Crippen molar-refractivity contribution in [3.63, 3.8) is 0 Å². The number of hydrogen-bond acceptors (Lipinski definition) is 6. The zero-order valence-corrected chi connectivity index (χ0v) is 21.6. The maximum absolute atomic E-state index is 12.8. The number of ether oxygens (including phenoxy) is 2. The van der Waals surface area contributed by atoms with Crippen molar-refractivity contribution in [2.75, 3.05) is 18.5 Å². The number of fused-ring (bicyclic) bond motifs is 2. The highest BCUT2D eigenvalue weighted by molar-refractivity contribution is 5.88. The third-order valence-electron chi connectivity index (χ3n) is 8.15. The second-order valence-electron chi connectivity index (χ2n) is 10.7. The standard InChI is InChI=1S/C30H36N4O3/c1-19-25-18-21(24-8-5-9-27-28(24)37-17-16-36-27)12-15-26(25)34-30(31-19)33-23-13-10-20(11-14-23)29(35)32-22-6-3-2-4-7-22/h5,8-9,12,15,18,20,22-23H,2-4,6-7,10-11,13-14,16-17H2,1H3,(H,32,35)(H,31,33,34)/t20-,23+. The molecule has 194 valence electrons. The highest BCUT2D eigenvalue weighted by Crippen LogP contribution is 2.40. The largest absolute Gasteiger partial charge is 0.486 e. The van der Waals surface area contributed by atoms with Crippen LogP contribution in [-0.4, -0.2) is 41.2 Å². The predicted octanol–water partition coefficient (Wildman–Crippen LogP) is 5.80. The van der Waals surface area contributed by atoms with E-state index in [1.165, 1.54) is 19.3 Å². The lowest BCUT2D eigenvalue weighted by atomic mass is 9.85. The molecule has 0 atom stereocenters. The predicted molar refractivity (Wildman–Crippen MR) is 145 cm³/mol. The maximum atomic E-state index is 12.8. The molecule has 2 aliphatic carbocycles. The Kier molecular flexibility index (Phi) is 6.85. The summed E-state index contributed by atoms with van der Waals surface area (Å²) in [5.41, 5.74) is 3.94. The van der Waals surface area contributed by atoms with E-state index in [-0.39, 0.29) is 11.8 Å². The van der Waals surface area contributed by atoms with E-state index in [1.54, 1.807) is 0 Å². The molecule has 6 rings (SSSR count). The van der Waals surface area contributed by atoms with E-state index >= 15 is 0 Å². The van der Waals surface area contributed by atoms with Gasteiger partial charge in [-0.2, -0.15) is 0 Å². The summed E-state index contributed by atoms with van der Waals surface area (Å²) in [7, 11) is 0. The molecular weight excluding hydrogens is 464 g/mol. The van der Waals surface area contributed by atoms with Gasteiger partial charge in [0.25, 0.3) is 0 Å². The summed E-state index contributed by atoms with van der Waals surface area (Å²) < 4.78 is 11.7. The Morgan fingerprint density at radius 2 is 1.70 bits per heavy atom. The molecule has 7 nitrogen and oxygen atoms in total. The summed E-state index contributed by atoms with van der Waals surface area (Å²) in [5.74, 6) is 2.65. The fraction of sp³-hybridized carbons (Fsp3) is 0.500. The highest BCUT2D eigenvalue weighted by Gasteiger charge is 2.28. The minimum absolute atomic E-state index is 0.135. The van der Waals surface area contributed by atoms with Crippen molar-refractivity contribution in [2.45, 2.75) is 76.8 Å². The molecule has 1 amide bonds. The summed E-state index contributed by atoms with van der Waals surface area (Å²) >= 11 is 0. The zero-order valence-electron chi connectivity index (χ0n) is 21.6. The van der Waals surface area contributed by atoms with Crippen LogP contribution < -0.4 is 20.1 Å².